The number of carbonyl (C=O) groups excluding carboxylic acids is 1. The molecule has 24 heavy (non-hydrogen) atoms. The summed E-state index contributed by atoms with van der Waals surface area (Å²) in [4.78, 5) is 25.2. The van der Waals surface area contributed by atoms with E-state index in [1.165, 1.54) is 11.0 Å². The Morgan fingerprint density at radius 1 is 1.25 bits per heavy atom. The Morgan fingerprint density at radius 3 is 2.50 bits per heavy atom. The Balaban J connectivity index is 2.18. The van der Waals surface area contributed by atoms with Crippen LogP contribution in [-0.2, 0) is 6.54 Å². The zero-order valence-corrected chi connectivity index (χ0v) is 14.2. The molecule has 1 aromatic carbocycles. The second-order valence-corrected chi connectivity index (χ2v) is 5.81. The third-order valence-corrected chi connectivity index (χ3v) is 3.42. The summed E-state index contributed by atoms with van der Waals surface area (Å²) in [6.45, 7) is 5.54. The topological polar surface area (TPSA) is 80.0 Å². The highest BCUT2D eigenvalue weighted by atomic mass is 16.5. The molecular formula is C18H21NO5. The van der Waals surface area contributed by atoms with Crippen molar-refractivity contribution in [2.45, 2.75) is 33.4 Å². The van der Waals surface area contributed by atoms with E-state index in [9.17, 15) is 9.59 Å². The van der Waals surface area contributed by atoms with Crippen LogP contribution in [0.5, 0.6) is 5.75 Å². The van der Waals surface area contributed by atoms with Gasteiger partial charge in [0, 0.05) is 7.05 Å². The van der Waals surface area contributed by atoms with Gasteiger partial charge in [-0.3, -0.25) is 4.79 Å². The number of para-hydroxylation sites is 1. The average molecular weight is 331 g/mol. The standard InChI is InChI=1S/C18H21NO5/c1-11(2)23-16-8-6-5-7-14(16)17(20)19(4)10-13-9-15(18(21)22)12(3)24-13/h5-9,11H,10H2,1-4H3,(H,21,22). The summed E-state index contributed by atoms with van der Waals surface area (Å²) in [6, 6.07) is 8.47. The fourth-order valence-corrected chi connectivity index (χ4v) is 2.35. The van der Waals surface area contributed by atoms with Crippen LogP contribution in [0.15, 0.2) is 34.7 Å². The van der Waals surface area contributed by atoms with Crippen LogP contribution in [-0.4, -0.2) is 35.0 Å². The first-order chi connectivity index (χ1) is 11.3. The number of carbonyl (C=O) groups is 2. The highest BCUT2D eigenvalue weighted by molar-refractivity contribution is 5.96. The fraction of sp³-hybridized carbons (Fsp3) is 0.333. The molecule has 0 saturated carbocycles. The number of benzene rings is 1. The molecule has 2 aromatic rings. The van der Waals surface area contributed by atoms with Crippen LogP contribution in [0.2, 0.25) is 0 Å². The zero-order valence-electron chi connectivity index (χ0n) is 14.2. The van der Waals surface area contributed by atoms with Crippen molar-refractivity contribution in [3.8, 4) is 5.75 Å². The number of aryl methyl sites for hydroxylation is 1. The maximum Gasteiger partial charge on any atom is 0.339 e. The summed E-state index contributed by atoms with van der Waals surface area (Å²) in [5.41, 5.74) is 0.560. The van der Waals surface area contributed by atoms with Crippen molar-refractivity contribution in [3.05, 3.63) is 53.0 Å². The van der Waals surface area contributed by atoms with Crippen molar-refractivity contribution >= 4 is 11.9 Å². The lowest BCUT2D eigenvalue weighted by Gasteiger charge is -2.19. The molecule has 1 heterocycles. The molecule has 2 rings (SSSR count). The quantitative estimate of drug-likeness (QED) is 0.878. The Morgan fingerprint density at radius 2 is 1.92 bits per heavy atom. The van der Waals surface area contributed by atoms with Gasteiger partial charge in [-0.1, -0.05) is 12.1 Å². The molecule has 1 N–H and O–H groups in total. The van der Waals surface area contributed by atoms with E-state index in [2.05, 4.69) is 0 Å². The lowest BCUT2D eigenvalue weighted by atomic mass is 10.1. The maximum absolute atomic E-state index is 12.7. The molecule has 0 saturated heterocycles. The molecule has 0 aliphatic carbocycles. The van der Waals surface area contributed by atoms with Gasteiger partial charge < -0.3 is 19.2 Å². The fourth-order valence-electron chi connectivity index (χ4n) is 2.35. The molecule has 0 fully saturated rings. The van der Waals surface area contributed by atoms with Crippen molar-refractivity contribution in [1.29, 1.82) is 0 Å². The van der Waals surface area contributed by atoms with Gasteiger partial charge in [-0.05, 0) is 39.0 Å². The molecule has 0 aliphatic rings. The normalized spacial score (nSPS) is 10.7. The Hall–Kier alpha value is -2.76. The molecule has 128 valence electrons. The van der Waals surface area contributed by atoms with Gasteiger partial charge in [0.15, 0.2) is 0 Å². The third-order valence-electron chi connectivity index (χ3n) is 3.42. The molecule has 1 aromatic heterocycles. The van der Waals surface area contributed by atoms with Crippen molar-refractivity contribution < 1.29 is 23.8 Å². The van der Waals surface area contributed by atoms with Gasteiger partial charge in [0.1, 0.15) is 22.8 Å². The highest BCUT2D eigenvalue weighted by Crippen LogP contribution is 2.22. The summed E-state index contributed by atoms with van der Waals surface area (Å²) >= 11 is 0. The van der Waals surface area contributed by atoms with E-state index >= 15 is 0 Å². The van der Waals surface area contributed by atoms with Gasteiger partial charge >= 0.3 is 5.97 Å². The van der Waals surface area contributed by atoms with E-state index in [-0.39, 0.29) is 24.1 Å². The van der Waals surface area contributed by atoms with Gasteiger partial charge in [0.05, 0.1) is 18.2 Å². The van der Waals surface area contributed by atoms with Crippen LogP contribution in [0.25, 0.3) is 0 Å². The minimum atomic E-state index is -1.05. The summed E-state index contributed by atoms with van der Waals surface area (Å²) in [7, 11) is 1.63. The largest absolute Gasteiger partial charge is 0.490 e. The number of ether oxygens (including phenoxy) is 1. The first kappa shape index (κ1) is 17.6. The van der Waals surface area contributed by atoms with Crippen LogP contribution in [0.1, 0.15) is 46.1 Å². The van der Waals surface area contributed by atoms with Crippen molar-refractivity contribution in [3.63, 3.8) is 0 Å². The molecule has 6 heteroatoms. The molecule has 0 bridgehead atoms. The number of aromatic carboxylic acids is 1. The number of furan rings is 1. The van der Waals surface area contributed by atoms with Crippen molar-refractivity contribution in [2.75, 3.05) is 7.05 Å². The SMILES string of the molecule is Cc1oc(CN(C)C(=O)c2ccccc2OC(C)C)cc1C(=O)O. The Kier molecular flexibility index (Phi) is 5.28. The van der Waals surface area contributed by atoms with Crippen molar-refractivity contribution in [1.82, 2.24) is 4.90 Å². The minimum absolute atomic E-state index is 0.0462. The van der Waals surface area contributed by atoms with E-state index in [4.69, 9.17) is 14.3 Å². The Labute approximate surface area is 140 Å². The molecule has 0 radical (unpaired) electrons. The van der Waals surface area contributed by atoms with Crippen LogP contribution in [0, 0.1) is 6.92 Å². The molecular weight excluding hydrogens is 310 g/mol. The first-order valence-corrected chi connectivity index (χ1v) is 7.63. The number of carboxylic acid groups (broad SMARTS) is 1. The van der Waals surface area contributed by atoms with Crippen LogP contribution >= 0.6 is 0 Å². The van der Waals surface area contributed by atoms with Gasteiger partial charge in [-0.25, -0.2) is 4.79 Å². The van der Waals surface area contributed by atoms with Gasteiger partial charge in [0.25, 0.3) is 5.91 Å². The second kappa shape index (κ2) is 7.21. The van der Waals surface area contributed by atoms with Crippen LogP contribution < -0.4 is 4.74 Å². The van der Waals surface area contributed by atoms with E-state index in [1.54, 1.807) is 32.2 Å². The first-order valence-electron chi connectivity index (χ1n) is 7.63. The molecule has 0 atom stereocenters. The van der Waals surface area contributed by atoms with Gasteiger partial charge in [0.2, 0.25) is 0 Å². The summed E-state index contributed by atoms with van der Waals surface area (Å²) in [6.07, 6.45) is -0.0462. The second-order valence-electron chi connectivity index (χ2n) is 5.81. The predicted octanol–water partition coefficient (Wildman–Crippen LogP) is 3.35. The number of carboxylic acids is 1. The lowest BCUT2D eigenvalue weighted by molar-refractivity contribution is 0.0694. The van der Waals surface area contributed by atoms with E-state index < -0.39 is 5.97 Å². The Bertz CT molecular complexity index is 748. The third kappa shape index (κ3) is 3.95. The lowest BCUT2D eigenvalue weighted by Crippen LogP contribution is -2.26. The smallest absolute Gasteiger partial charge is 0.339 e. The van der Waals surface area contributed by atoms with E-state index in [0.717, 1.165) is 0 Å². The summed E-state index contributed by atoms with van der Waals surface area (Å²) < 4.78 is 11.1. The molecule has 6 nitrogen and oxygen atoms in total. The number of nitrogens with zero attached hydrogens (tertiary/aromatic N) is 1. The van der Waals surface area contributed by atoms with Crippen LogP contribution in [0.3, 0.4) is 0 Å². The van der Waals surface area contributed by atoms with E-state index in [1.807, 2.05) is 19.9 Å². The number of hydrogen-bond donors (Lipinski definition) is 1. The zero-order chi connectivity index (χ0) is 17.9. The van der Waals surface area contributed by atoms with Crippen molar-refractivity contribution in [2.24, 2.45) is 0 Å². The maximum atomic E-state index is 12.7. The predicted molar refractivity (Wildman–Crippen MR) is 88.4 cm³/mol. The summed E-state index contributed by atoms with van der Waals surface area (Å²) in [5, 5.41) is 9.06. The number of rotatable bonds is 6. The average Bonchev–Trinajstić information content (AvgIpc) is 2.87. The number of amides is 1. The number of hydrogen-bond acceptors (Lipinski definition) is 4. The van der Waals surface area contributed by atoms with E-state index in [0.29, 0.717) is 22.8 Å². The monoisotopic (exact) mass is 331 g/mol. The highest BCUT2D eigenvalue weighted by Gasteiger charge is 2.20. The van der Waals surface area contributed by atoms with Gasteiger partial charge in [-0.2, -0.15) is 0 Å². The molecule has 0 unspecified atom stereocenters. The van der Waals surface area contributed by atoms with Gasteiger partial charge in [-0.15, -0.1) is 0 Å². The molecule has 0 spiro atoms. The molecule has 1 amide bonds. The summed E-state index contributed by atoms with van der Waals surface area (Å²) in [5.74, 6) is -0.0135. The molecule has 0 aliphatic heterocycles. The van der Waals surface area contributed by atoms with Crippen LogP contribution in [0.4, 0.5) is 0 Å². The minimum Gasteiger partial charge on any atom is -0.490 e.